The first kappa shape index (κ1) is 18.0. The Kier molecular flexibility index (Phi) is 15.1. The van der Waals surface area contributed by atoms with Crippen LogP contribution in [0.5, 0.6) is 0 Å². The maximum atomic E-state index is 10.3. The summed E-state index contributed by atoms with van der Waals surface area (Å²) in [5, 5.41) is 0.293. The van der Waals surface area contributed by atoms with Crippen LogP contribution in [0.15, 0.2) is 0 Å². The average molecular weight is 272 g/mol. The quantitative estimate of drug-likeness (QED) is 0.248. The van der Waals surface area contributed by atoms with E-state index in [4.69, 9.17) is 0 Å². The second kappa shape index (κ2) is 15.1. The first-order valence-corrected chi connectivity index (χ1v) is 8.44. The van der Waals surface area contributed by atoms with E-state index in [0.29, 0.717) is 11.7 Å². The van der Waals surface area contributed by atoms with Crippen molar-refractivity contribution in [2.75, 3.05) is 0 Å². The van der Waals surface area contributed by atoms with Gasteiger partial charge < -0.3 is 4.79 Å². The summed E-state index contributed by atoms with van der Waals surface area (Å²) in [4.78, 5) is 10.3. The van der Waals surface area contributed by atoms with Crippen LogP contribution >= 0.6 is 12.6 Å². The Morgan fingerprint density at radius 2 is 1.28 bits per heavy atom. The molecule has 0 aromatic heterocycles. The van der Waals surface area contributed by atoms with Crippen molar-refractivity contribution >= 4 is 18.9 Å². The minimum absolute atomic E-state index is 0.293. The van der Waals surface area contributed by atoms with Gasteiger partial charge in [0.1, 0.15) is 6.29 Å². The van der Waals surface area contributed by atoms with Crippen LogP contribution in [0.4, 0.5) is 0 Å². The lowest BCUT2D eigenvalue weighted by molar-refractivity contribution is -0.107. The summed E-state index contributed by atoms with van der Waals surface area (Å²) in [7, 11) is 0. The van der Waals surface area contributed by atoms with Crippen LogP contribution in [0.1, 0.15) is 90.4 Å². The standard InChI is InChI=1S/C16H32OS/c1-2-3-4-5-6-7-8-9-10-11-12-13-16(18)14-15-17/h15-16,18H,2-14H2,1H3. The van der Waals surface area contributed by atoms with Crippen LogP contribution < -0.4 is 0 Å². The lowest BCUT2D eigenvalue weighted by Gasteiger charge is -2.06. The predicted octanol–water partition coefficient (Wildman–Crippen LogP) is 5.57. The van der Waals surface area contributed by atoms with Crippen LogP contribution in [-0.4, -0.2) is 11.5 Å². The number of hydrogen-bond acceptors (Lipinski definition) is 2. The molecule has 0 aliphatic carbocycles. The Labute approximate surface area is 120 Å². The van der Waals surface area contributed by atoms with Gasteiger partial charge in [-0.2, -0.15) is 12.6 Å². The highest BCUT2D eigenvalue weighted by Crippen LogP contribution is 2.14. The van der Waals surface area contributed by atoms with Gasteiger partial charge in [0.2, 0.25) is 0 Å². The third kappa shape index (κ3) is 14.1. The molecule has 0 saturated heterocycles. The largest absolute Gasteiger partial charge is 0.303 e. The second-order valence-corrected chi connectivity index (χ2v) is 6.11. The molecule has 0 radical (unpaired) electrons. The van der Waals surface area contributed by atoms with Gasteiger partial charge in [0.25, 0.3) is 0 Å². The summed E-state index contributed by atoms with van der Waals surface area (Å²) in [6.07, 6.45) is 17.8. The van der Waals surface area contributed by atoms with E-state index in [2.05, 4.69) is 19.6 Å². The van der Waals surface area contributed by atoms with Gasteiger partial charge in [-0.25, -0.2) is 0 Å². The Balaban J connectivity index is 3.00. The van der Waals surface area contributed by atoms with Gasteiger partial charge in [-0.3, -0.25) is 0 Å². The molecule has 0 bridgehead atoms. The minimum Gasteiger partial charge on any atom is -0.303 e. The Morgan fingerprint density at radius 1 is 0.833 bits per heavy atom. The van der Waals surface area contributed by atoms with Gasteiger partial charge >= 0.3 is 0 Å². The van der Waals surface area contributed by atoms with Crippen molar-refractivity contribution < 1.29 is 4.79 Å². The van der Waals surface area contributed by atoms with E-state index >= 15 is 0 Å². The van der Waals surface area contributed by atoms with E-state index in [0.717, 1.165) is 12.7 Å². The van der Waals surface area contributed by atoms with E-state index in [-0.39, 0.29) is 0 Å². The summed E-state index contributed by atoms with van der Waals surface area (Å²) in [6, 6.07) is 0. The number of rotatable bonds is 14. The molecule has 0 N–H and O–H groups in total. The number of carbonyl (C=O) groups is 1. The van der Waals surface area contributed by atoms with E-state index in [1.165, 1.54) is 70.6 Å². The highest BCUT2D eigenvalue weighted by molar-refractivity contribution is 7.81. The highest BCUT2D eigenvalue weighted by atomic mass is 32.1. The van der Waals surface area contributed by atoms with Gasteiger partial charge in [-0.15, -0.1) is 0 Å². The SMILES string of the molecule is CCCCCCCCCCCCCC(S)CC=O. The summed E-state index contributed by atoms with van der Waals surface area (Å²) in [6.45, 7) is 2.27. The lowest BCUT2D eigenvalue weighted by Crippen LogP contribution is -1.98. The maximum absolute atomic E-state index is 10.3. The lowest BCUT2D eigenvalue weighted by atomic mass is 10.0. The molecular weight excluding hydrogens is 240 g/mol. The highest BCUT2D eigenvalue weighted by Gasteiger charge is 2.01. The molecule has 2 heteroatoms. The van der Waals surface area contributed by atoms with Crippen LogP contribution in [-0.2, 0) is 4.79 Å². The number of carbonyl (C=O) groups excluding carboxylic acids is 1. The van der Waals surface area contributed by atoms with Gasteiger partial charge in [-0.1, -0.05) is 77.6 Å². The van der Waals surface area contributed by atoms with Crippen molar-refractivity contribution in [3.63, 3.8) is 0 Å². The molecule has 0 amide bonds. The van der Waals surface area contributed by atoms with Gasteiger partial charge in [0.15, 0.2) is 0 Å². The third-order valence-electron chi connectivity index (χ3n) is 3.51. The van der Waals surface area contributed by atoms with Crippen LogP contribution in [0.2, 0.25) is 0 Å². The molecule has 0 spiro atoms. The van der Waals surface area contributed by atoms with Gasteiger partial charge in [-0.05, 0) is 6.42 Å². The third-order valence-corrected chi connectivity index (χ3v) is 3.98. The summed E-state index contributed by atoms with van der Waals surface area (Å²) in [5.74, 6) is 0. The van der Waals surface area contributed by atoms with Crippen LogP contribution in [0, 0.1) is 0 Å². The van der Waals surface area contributed by atoms with E-state index in [1.807, 2.05) is 0 Å². The molecule has 0 saturated carbocycles. The van der Waals surface area contributed by atoms with Crippen molar-refractivity contribution in [1.82, 2.24) is 0 Å². The van der Waals surface area contributed by atoms with Crippen LogP contribution in [0.25, 0.3) is 0 Å². The molecule has 1 atom stereocenters. The number of thiol groups is 1. The normalized spacial score (nSPS) is 12.6. The summed E-state index contributed by atoms with van der Waals surface area (Å²) < 4.78 is 0. The molecule has 0 heterocycles. The van der Waals surface area contributed by atoms with Crippen molar-refractivity contribution in [2.45, 2.75) is 95.6 Å². The summed E-state index contributed by atoms with van der Waals surface area (Å²) >= 11 is 4.38. The van der Waals surface area contributed by atoms with Crippen LogP contribution in [0.3, 0.4) is 0 Å². The second-order valence-electron chi connectivity index (χ2n) is 5.38. The predicted molar refractivity (Wildman–Crippen MR) is 84.5 cm³/mol. The molecule has 0 rings (SSSR count). The number of unbranched alkanes of at least 4 members (excludes halogenated alkanes) is 10. The van der Waals surface area contributed by atoms with E-state index < -0.39 is 0 Å². The maximum Gasteiger partial charge on any atom is 0.121 e. The Morgan fingerprint density at radius 3 is 1.72 bits per heavy atom. The zero-order valence-corrected chi connectivity index (χ0v) is 13.1. The first-order valence-electron chi connectivity index (χ1n) is 7.93. The van der Waals surface area contributed by atoms with E-state index in [1.54, 1.807) is 0 Å². The molecule has 18 heavy (non-hydrogen) atoms. The molecule has 0 aliphatic heterocycles. The number of aldehydes is 1. The van der Waals surface area contributed by atoms with Gasteiger partial charge in [0, 0.05) is 11.7 Å². The van der Waals surface area contributed by atoms with Crippen molar-refractivity contribution in [3.05, 3.63) is 0 Å². The topological polar surface area (TPSA) is 17.1 Å². The smallest absolute Gasteiger partial charge is 0.121 e. The molecule has 0 fully saturated rings. The molecule has 0 aromatic rings. The molecule has 0 aromatic carbocycles. The van der Waals surface area contributed by atoms with E-state index in [9.17, 15) is 4.79 Å². The monoisotopic (exact) mass is 272 g/mol. The first-order chi connectivity index (χ1) is 8.81. The van der Waals surface area contributed by atoms with Crippen molar-refractivity contribution in [3.8, 4) is 0 Å². The molecule has 108 valence electrons. The molecular formula is C16H32OS. The summed E-state index contributed by atoms with van der Waals surface area (Å²) in [5.41, 5.74) is 0. The minimum atomic E-state index is 0.293. The fourth-order valence-electron chi connectivity index (χ4n) is 2.27. The molecule has 1 nitrogen and oxygen atoms in total. The Bertz CT molecular complexity index is 170. The fourth-order valence-corrected chi connectivity index (χ4v) is 2.54. The zero-order valence-electron chi connectivity index (χ0n) is 12.2. The molecule has 1 unspecified atom stereocenters. The fraction of sp³-hybridized carbons (Fsp3) is 0.938. The zero-order chi connectivity index (χ0) is 13.5. The Hall–Kier alpha value is 0.0200. The van der Waals surface area contributed by atoms with Crippen molar-refractivity contribution in [1.29, 1.82) is 0 Å². The molecule has 0 aliphatic rings. The number of hydrogen-bond donors (Lipinski definition) is 1. The van der Waals surface area contributed by atoms with Gasteiger partial charge in [0.05, 0.1) is 0 Å². The van der Waals surface area contributed by atoms with Crippen molar-refractivity contribution in [2.24, 2.45) is 0 Å². The average Bonchev–Trinajstić information content (AvgIpc) is 2.36.